The van der Waals surface area contributed by atoms with E-state index in [0.29, 0.717) is 12.3 Å². The molecule has 0 aromatic carbocycles. The number of ether oxygens (including phenoxy) is 1. The molecule has 15 heavy (non-hydrogen) atoms. The fraction of sp³-hybridized carbons (Fsp3) is 0.600. The molecule has 0 bridgehead atoms. The summed E-state index contributed by atoms with van der Waals surface area (Å²) in [5, 5.41) is 13.8. The van der Waals surface area contributed by atoms with E-state index in [9.17, 15) is 9.90 Å². The number of nitrogens with zero attached hydrogens (tertiary/aromatic N) is 2. The van der Waals surface area contributed by atoms with Gasteiger partial charge in [0.05, 0.1) is 18.7 Å². The zero-order valence-electron chi connectivity index (χ0n) is 9.23. The Morgan fingerprint density at radius 2 is 2.40 bits per heavy atom. The minimum atomic E-state index is -0.885. The SMILES string of the molecule is CCOC(=O)CC(O)c1cc(C)n(C)n1. The smallest absolute Gasteiger partial charge is 0.308 e. The van der Waals surface area contributed by atoms with Crippen LogP contribution in [0, 0.1) is 6.92 Å². The van der Waals surface area contributed by atoms with Gasteiger partial charge in [0.2, 0.25) is 0 Å². The van der Waals surface area contributed by atoms with E-state index in [1.54, 1.807) is 24.7 Å². The topological polar surface area (TPSA) is 64.3 Å². The number of aromatic nitrogens is 2. The third-order valence-electron chi connectivity index (χ3n) is 2.14. The molecule has 0 saturated heterocycles. The predicted octanol–water partition coefficient (Wildman–Crippen LogP) is 0.715. The Balaban J connectivity index is 2.60. The molecule has 0 aliphatic carbocycles. The lowest BCUT2D eigenvalue weighted by molar-refractivity contribution is -0.145. The molecule has 1 rings (SSSR count). The molecule has 0 radical (unpaired) electrons. The monoisotopic (exact) mass is 212 g/mol. The quantitative estimate of drug-likeness (QED) is 0.747. The molecular formula is C10H16N2O3. The lowest BCUT2D eigenvalue weighted by Gasteiger charge is -2.06. The molecule has 1 heterocycles. The Bertz CT molecular complexity index is 327. The highest BCUT2D eigenvalue weighted by Gasteiger charge is 2.16. The van der Waals surface area contributed by atoms with Crippen LogP contribution in [-0.4, -0.2) is 27.5 Å². The Labute approximate surface area is 88.7 Å². The third kappa shape index (κ3) is 3.06. The summed E-state index contributed by atoms with van der Waals surface area (Å²) >= 11 is 0. The van der Waals surface area contributed by atoms with Gasteiger partial charge < -0.3 is 9.84 Å². The van der Waals surface area contributed by atoms with Crippen molar-refractivity contribution in [1.82, 2.24) is 9.78 Å². The average molecular weight is 212 g/mol. The first kappa shape index (κ1) is 11.7. The second-order valence-electron chi connectivity index (χ2n) is 3.36. The fourth-order valence-electron chi connectivity index (χ4n) is 1.23. The van der Waals surface area contributed by atoms with Gasteiger partial charge in [-0.2, -0.15) is 5.10 Å². The van der Waals surface area contributed by atoms with Crippen molar-refractivity contribution >= 4 is 5.97 Å². The van der Waals surface area contributed by atoms with Gasteiger partial charge in [0.25, 0.3) is 0 Å². The van der Waals surface area contributed by atoms with Gasteiger partial charge in [0.1, 0.15) is 6.10 Å². The summed E-state index contributed by atoms with van der Waals surface area (Å²) < 4.78 is 6.39. The maximum absolute atomic E-state index is 11.1. The molecule has 84 valence electrons. The summed E-state index contributed by atoms with van der Waals surface area (Å²) in [6.07, 6.45) is -0.937. The van der Waals surface area contributed by atoms with Gasteiger partial charge in [-0.1, -0.05) is 0 Å². The summed E-state index contributed by atoms with van der Waals surface area (Å²) in [6, 6.07) is 1.75. The summed E-state index contributed by atoms with van der Waals surface area (Å²) in [6.45, 7) is 3.94. The number of aliphatic hydroxyl groups excluding tert-OH is 1. The molecule has 5 nitrogen and oxygen atoms in total. The van der Waals surface area contributed by atoms with E-state index >= 15 is 0 Å². The van der Waals surface area contributed by atoms with Gasteiger partial charge in [-0.05, 0) is 19.9 Å². The molecule has 1 unspecified atom stereocenters. The number of carbonyl (C=O) groups is 1. The predicted molar refractivity (Wildman–Crippen MR) is 54.2 cm³/mol. The first-order valence-corrected chi connectivity index (χ1v) is 4.88. The maximum atomic E-state index is 11.1. The van der Waals surface area contributed by atoms with Crippen molar-refractivity contribution in [3.8, 4) is 0 Å². The number of rotatable bonds is 4. The van der Waals surface area contributed by atoms with Crippen LogP contribution < -0.4 is 0 Å². The number of hydrogen-bond acceptors (Lipinski definition) is 4. The third-order valence-corrected chi connectivity index (χ3v) is 2.14. The molecule has 1 aromatic heterocycles. The average Bonchev–Trinajstić information content (AvgIpc) is 2.47. The van der Waals surface area contributed by atoms with Crippen molar-refractivity contribution in [2.45, 2.75) is 26.4 Å². The maximum Gasteiger partial charge on any atom is 0.308 e. The molecule has 0 aliphatic heterocycles. The van der Waals surface area contributed by atoms with Crippen LogP contribution in [0.15, 0.2) is 6.07 Å². The molecule has 0 amide bonds. The minimum absolute atomic E-state index is 0.0513. The van der Waals surface area contributed by atoms with Crippen LogP contribution in [-0.2, 0) is 16.6 Å². The molecule has 1 aromatic rings. The molecule has 0 saturated carbocycles. The van der Waals surface area contributed by atoms with Crippen LogP contribution >= 0.6 is 0 Å². The minimum Gasteiger partial charge on any atom is -0.466 e. The van der Waals surface area contributed by atoms with Crippen molar-refractivity contribution in [2.24, 2.45) is 7.05 Å². The molecule has 0 spiro atoms. The van der Waals surface area contributed by atoms with E-state index in [4.69, 9.17) is 4.74 Å². The molecule has 0 fully saturated rings. The standard InChI is InChI=1S/C10H16N2O3/c1-4-15-10(14)6-9(13)8-5-7(2)12(3)11-8/h5,9,13H,4,6H2,1-3H3. The molecular weight excluding hydrogens is 196 g/mol. The van der Waals surface area contributed by atoms with Crippen molar-refractivity contribution < 1.29 is 14.6 Å². The fourth-order valence-corrected chi connectivity index (χ4v) is 1.23. The van der Waals surface area contributed by atoms with Crippen LogP contribution in [0.5, 0.6) is 0 Å². The summed E-state index contributed by atoms with van der Waals surface area (Å²) in [4.78, 5) is 11.1. The van der Waals surface area contributed by atoms with E-state index in [0.717, 1.165) is 5.69 Å². The van der Waals surface area contributed by atoms with Crippen LogP contribution in [0.25, 0.3) is 0 Å². The first-order valence-electron chi connectivity index (χ1n) is 4.88. The van der Waals surface area contributed by atoms with E-state index in [2.05, 4.69) is 5.10 Å². The molecule has 1 N–H and O–H groups in total. The molecule has 5 heteroatoms. The highest BCUT2D eigenvalue weighted by Crippen LogP contribution is 2.16. The zero-order chi connectivity index (χ0) is 11.4. The van der Waals surface area contributed by atoms with E-state index < -0.39 is 12.1 Å². The Morgan fingerprint density at radius 1 is 1.73 bits per heavy atom. The lowest BCUT2D eigenvalue weighted by Crippen LogP contribution is -2.10. The van der Waals surface area contributed by atoms with Gasteiger partial charge in [0.15, 0.2) is 0 Å². The van der Waals surface area contributed by atoms with Crippen molar-refractivity contribution in [3.63, 3.8) is 0 Å². The van der Waals surface area contributed by atoms with Crippen LogP contribution in [0.3, 0.4) is 0 Å². The Kier molecular flexibility index (Phi) is 3.85. The van der Waals surface area contributed by atoms with Crippen LogP contribution in [0.2, 0.25) is 0 Å². The molecule has 0 aliphatic rings. The number of esters is 1. The largest absolute Gasteiger partial charge is 0.466 e. The second kappa shape index (κ2) is 4.93. The summed E-state index contributed by atoms with van der Waals surface area (Å²) in [7, 11) is 1.79. The van der Waals surface area contributed by atoms with Crippen molar-refractivity contribution in [2.75, 3.05) is 6.61 Å². The Morgan fingerprint density at radius 3 is 2.87 bits per heavy atom. The second-order valence-corrected chi connectivity index (χ2v) is 3.36. The van der Waals surface area contributed by atoms with Crippen molar-refractivity contribution in [3.05, 3.63) is 17.5 Å². The van der Waals surface area contributed by atoms with Gasteiger partial charge >= 0.3 is 5.97 Å². The highest BCUT2D eigenvalue weighted by atomic mass is 16.5. The number of aliphatic hydroxyl groups is 1. The van der Waals surface area contributed by atoms with Crippen LogP contribution in [0.1, 0.15) is 30.8 Å². The summed E-state index contributed by atoms with van der Waals surface area (Å²) in [5.74, 6) is -0.409. The highest BCUT2D eigenvalue weighted by molar-refractivity contribution is 5.70. The summed E-state index contributed by atoms with van der Waals surface area (Å²) in [5.41, 5.74) is 1.44. The number of hydrogen-bond donors (Lipinski definition) is 1. The number of carbonyl (C=O) groups excluding carboxylic acids is 1. The Hall–Kier alpha value is -1.36. The van der Waals surface area contributed by atoms with E-state index in [1.165, 1.54) is 0 Å². The molecule has 1 atom stereocenters. The van der Waals surface area contributed by atoms with E-state index in [-0.39, 0.29) is 6.42 Å². The van der Waals surface area contributed by atoms with Gasteiger partial charge in [0, 0.05) is 12.7 Å². The lowest BCUT2D eigenvalue weighted by atomic mass is 10.2. The number of aryl methyl sites for hydroxylation is 2. The van der Waals surface area contributed by atoms with E-state index in [1.807, 2.05) is 6.92 Å². The van der Waals surface area contributed by atoms with Gasteiger partial charge in [-0.15, -0.1) is 0 Å². The zero-order valence-corrected chi connectivity index (χ0v) is 9.23. The first-order chi connectivity index (χ1) is 7.04. The van der Waals surface area contributed by atoms with Gasteiger partial charge in [-0.25, -0.2) is 0 Å². The normalized spacial score (nSPS) is 12.5. The van der Waals surface area contributed by atoms with Crippen molar-refractivity contribution in [1.29, 1.82) is 0 Å². The van der Waals surface area contributed by atoms with Crippen LogP contribution in [0.4, 0.5) is 0 Å². The van der Waals surface area contributed by atoms with Gasteiger partial charge in [-0.3, -0.25) is 9.48 Å².